The number of anilines is 3. The maximum atomic E-state index is 14.5. The number of primary sulfonamides is 1. The van der Waals surface area contributed by atoms with Crippen LogP contribution in [-0.2, 0) is 19.6 Å². The van der Waals surface area contributed by atoms with Gasteiger partial charge in [0.2, 0.25) is 16.0 Å². The van der Waals surface area contributed by atoms with Crippen LogP contribution in [0.3, 0.4) is 0 Å². The first-order chi connectivity index (χ1) is 15.5. The molecule has 4 rings (SSSR count). The van der Waals surface area contributed by atoms with Crippen LogP contribution < -0.4 is 15.9 Å². The van der Waals surface area contributed by atoms with E-state index < -0.39 is 27.6 Å². The Balaban J connectivity index is 1.55. The summed E-state index contributed by atoms with van der Waals surface area (Å²) in [6.07, 6.45) is 5.40. The van der Waals surface area contributed by atoms with E-state index in [0.717, 1.165) is 6.20 Å². The monoisotopic (exact) mass is 475 g/mol. The van der Waals surface area contributed by atoms with Crippen LogP contribution in [0.25, 0.3) is 0 Å². The van der Waals surface area contributed by atoms with E-state index in [0.29, 0.717) is 11.4 Å². The minimum atomic E-state index is -3.82. The zero-order chi connectivity index (χ0) is 24.0. The minimum Gasteiger partial charge on any atom is -0.478 e. The molecule has 2 aromatic rings. The summed E-state index contributed by atoms with van der Waals surface area (Å²) in [7, 11) is -2.19. The number of hydrogen-bond donors (Lipinski definition) is 3. The highest BCUT2D eigenvalue weighted by Crippen LogP contribution is 2.33. The number of amides is 1. The van der Waals surface area contributed by atoms with E-state index in [9.17, 15) is 17.6 Å². The number of allylic oxidation sites excluding steroid dienone is 2. The molecule has 11 nitrogen and oxygen atoms in total. The Hall–Kier alpha value is -3.71. The van der Waals surface area contributed by atoms with Crippen LogP contribution in [0.4, 0.5) is 21.8 Å². The molecule has 13 heteroatoms. The summed E-state index contributed by atoms with van der Waals surface area (Å²) in [6.45, 7) is 3.35. The molecule has 0 aliphatic carbocycles. The summed E-state index contributed by atoms with van der Waals surface area (Å²) >= 11 is 0. The maximum Gasteiger partial charge on any atom is 0.267 e. The highest BCUT2D eigenvalue weighted by Gasteiger charge is 2.46. The number of fused-ring (bicyclic) bond motifs is 1. The first kappa shape index (κ1) is 22.5. The third kappa shape index (κ3) is 4.45. The number of halogens is 1. The number of nitrogens with one attached hydrogen (secondary N) is 2. The molecule has 3 heterocycles. The Labute approximate surface area is 189 Å². The lowest BCUT2D eigenvalue weighted by Gasteiger charge is -2.47. The summed E-state index contributed by atoms with van der Waals surface area (Å²) in [5, 5.41) is 9.46. The van der Waals surface area contributed by atoms with Crippen LogP contribution in [0.15, 0.2) is 59.5 Å². The van der Waals surface area contributed by atoms with E-state index >= 15 is 0 Å². The molecule has 4 N–H and O–H groups in total. The van der Waals surface area contributed by atoms with Gasteiger partial charge in [-0.2, -0.15) is 4.98 Å². The van der Waals surface area contributed by atoms with E-state index in [4.69, 9.17) is 9.88 Å². The van der Waals surface area contributed by atoms with Crippen LogP contribution in [0.2, 0.25) is 0 Å². The van der Waals surface area contributed by atoms with E-state index in [1.807, 2.05) is 0 Å². The zero-order valence-electron chi connectivity index (χ0n) is 18.0. The first-order valence-electron chi connectivity index (χ1n) is 9.78. The second-order valence-corrected chi connectivity index (χ2v) is 9.48. The number of carbonyl (C=O) groups excluding carboxylic acids is 1. The third-order valence-corrected chi connectivity index (χ3v) is 5.95. The Morgan fingerprint density at radius 1 is 1.24 bits per heavy atom. The van der Waals surface area contributed by atoms with Gasteiger partial charge in [0, 0.05) is 18.9 Å². The van der Waals surface area contributed by atoms with Crippen molar-refractivity contribution in [1.29, 1.82) is 0 Å². The second kappa shape index (κ2) is 8.01. The molecule has 0 bridgehead atoms. The molecule has 33 heavy (non-hydrogen) atoms. The van der Waals surface area contributed by atoms with Crippen molar-refractivity contribution in [1.82, 2.24) is 19.9 Å². The normalized spacial score (nSPS) is 19.5. The Morgan fingerprint density at radius 3 is 2.61 bits per heavy atom. The van der Waals surface area contributed by atoms with Gasteiger partial charge in [0.25, 0.3) is 5.91 Å². The number of hydrazine groups is 1. The summed E-state index contributed by atoms with van der Waals surface area (Å²) in [5.74, 6) is -0.532. The average molecular weight is 476 g/mol. The SMILES string of the molecule is CN1C(=O)C(C)(C)OC2=CC=CN(Nc3nc(Nc4ccc(S(N)(=O)=O)cc4)ncc3F)C21. The summed E-state index contributed by atoms with van der Waals surface area (Å²) in [4.78, 5) is 22.2. The second-order valence-electron chi connectivity index (χ2n) is 7.92. The van der Waals surface area contributed by atoms with Gasteiger partial charge in [0.05, 0.1) is 11.1 Å². The van der Waals surface area contributed by atoms with Gasteiger partial charge in [0.15, 0.2) is 23.4 Å². The van der Waals surface area contributed by atoms with Crippen LogP contribution in [0, 0.1) is 5.82 Å². The van der Waals surface area contributed by atoms with Crippen molar-refractivity contribution in [3.8, 4) is 0 Å². The topological polar surface area (TPSA) is 143 Å². The molecule has 0 radical (unpaired) electrons. The van der Waals surface area contributed by atoms with Gasteiger partial charge in [-0.3, -0.25) is 15.2 Å². The molecule has 2 aliphatic heterocycles. The molecule has 1 aromatic heterocycles. The molecule has 1 amide bonds. The van der Waals surface area contributed by atoms with E-state index in [2.05, 4.69) is 20.7 Å². The summed E-state index contributed by atoms with van der Waals surface area (Å²) < 4.78 is 43.1. The van der Waals surface area contributed by atoms with Gasteiger partial charge in [0.1, 0.15) is 5.76 Å². The highest BCUT2D eigenvalue weighted by molar-refractivity contribution is 7.89. The van der Waals surface area contributed by atoms with Crippen molar-refractivity contribution in [3.05, 3.63) is 60.4 Å². The fourth-order valence-electron chi connectivity index (χ4n) is 3.46. The van der Waals surface area contributed by atoms with E-state index in [-0.39, 0.29) is 22.6 Å². The summed E-state index contributed by atoms with van der Waals surface area (Å²) in [6, 6.07) is 5.60. The number of hydrogen-bond acceptors (Lipinski definition) is 9. The number of likely N-dealkylation sites (N-methyl/N-ethyl adjacent to an activating group) is 1. The minimum absolute atomic E-state index is 0.0484. The van der Waals surface area contributed by atoms with Crippen LogP contribution in [0.1, 0.15) is 13.8 Å². The molecule has 174 valence electrons. The van der Waals surface area contributed by atoms with Gasteiger partial charge in [-0.05, 0) is 50.3 Å². The number of carbonyl (C=O) groups is 1. The standard InChI is InChI=1S/C20H22FN7O4S/c1-20(2)18(29)27(3)17-15(32-20)5-4-10-28(17)26-16-14(21)11-23-19(25-16)24-12-6-8-13(9-7-12)33(22,30)31/h4-11,17H,1-3H3,(H2,22,30,31)(H2,23,24,25,26). The van der Waals surface area contributed by atoms with E-state index in [1.54, 1.807) is 39.2 Å². The van der Waals surface area contributed by atoms with Gasteiger partial charge in [-0.15, -0.1) is 0 Å². The first-order valence-corrected chi connectivity index (χ1v) is 11.3. The molecule has 1 saturated heterocycles. The fraction of sp³-hybridized carbons (Fsp3) is 0.250. The predicted molar refractivity (Wildman–Crippen MR) is 117 cm³/mol. The van der Waals surface area contributed by atoms with Crippen molar-refractivity contribution in [2.75, 3.05) is 17.8 Å². The number of morpholine rings is 1. The molecule has 2 aliphatic rings. The molecule has 1 atom stereocenters. The number of rotatable bonds is 5. The van der Waals surface area contributed by atoms with Crippen LogP contribution in [-0.4, -0.2) is 53.0 Å². The lowest BCUT2D eigenvalue weighted by Crippen LogP contribution is -2.61. The molecule has 0 spiro atoms. The number of nitrogens with zero attached hydrogens (tertiary/aromatic N) is 4. The quantitative estimate of drug-likeness (QED) is 0.588. The Bertz CT molecular complexity index is 1260. The van der Waals surface area contributed by atoms with Crippen molar-refractivity contribution >= 4 is 33.4 Å². The largest absolute Gasteiger partial charge is 0.478 e. The third-order valence-electron chi connectivity index (χ3n) is 5.02. The van der Waals surface area contributed by atoms with Crippen molar-refractivity contribution in [2.45, 2.75) is 30.5 Å². The molecule has 1 unspecified atom stereocenters. The molecular formula is C20H22FN7O4S. The van der Waals surface area contributed by atoms with Crippen molar-refractivity contribution in [3.63, 3.8) is 0 Å². The average Bonchev–Trinajstić information content (AvgIpc) is 2.74. The van der Waals surface area contributed by atoms with Gasteiger partial charge >= 0.3 is 0 Å². The number of aromatic nitrogens is 2. The number of nitrogens with two attached hydrogens (primary N) is 1. The number of ether oxygens (including phenoxy) is 1. The molecule has 1 aromatic carbocycles. The van der Waals surface area contributed by atoms with Crippen LogP contribution >= 0.6 is 0 Å². The Kier molecular flexibility index (Phi) is 5.46. The summed E-state index contributed by atoms with van der Waals surface area (Å²) in [5.41, 5.74) is 2.30. The van der Waals surface area contributed by atoms with Crippen molar-refractivity contribution < 1.29 is 22.3 Å². The lowest BCUT2D eigenvalue weighted by molar-refractivity contribution is -0.166. The number of benzene rings is 1. The fourth-order valence-corrected chi connectivity index (χ4v) is 3.97. The lowest BCUT2D eigenvalue weighted by atomic mass is 10.0. The molecular weight excluding hydrogens is 453 g/mol. The smallest absolute Gasteiger partial charge is 0.267 e. The molecule has 1 fully saturated rings. The van der Waals surface area contributed by atoms with Crippen LogP contribution in [0.5, 0.6) is 0 Å². The predicted octanol–water partition coefficient (Wildman–Crippen LogP) is 1.64. The zero-order valence-corrected chi connectivity index (χ0v) is 18.8. The Morgan fingerprint density at radius 2 is 1.94 bits per heavy atom. The van der Waals surface area contributed by atoms with Gasteiger partial charge < -0.3 is 15.0 Å². The van der Waals surface area contributed by atoms with E-state index in [1.165, 1.54) is 34.2 Å². The highest BCUT2D eigenvalue weighted by atomic mass is 32.2. The van der Waals surface area contributed by atoms with Crippen molar-refractivity contribution in [2.24, 2.45) is 5.14 Å². The number of sulfonamides is 1. The van der Waals surface area contributed by atoms with Gasteiger partial charge in [-0.1, -0.05) is 0 Å². The van der Waals surface area contributed by atoms with Gasteiger partial charge in [-0.25, -0.2) is 22.9 Å². The molecule has 0 saturated carbocycles. The maximum absolute atomic E-state index is 14.5.